The number of amides is 1. The number of anilines is 1. The van der Waals surface area contributed by atoms with Crippen LogP contribution in [0.1, 0.15) is 57.1 Å². The zero-order valence-electron chi connectivity index (χ0n) is 15.7. The summed E-state index contributed by atoms with van der Waals surface area (Å²) >= 11 is 0. The van der Waals surface area contributed by atoms with E-state index in [1.165, 1.54) is 17.5 Å². The Kier molecular flexibility index (Phi) is 4.64. The summed E-state index contributed by atoms with van der Waals surface area (Å²) in [5.41, 5.74) is 3.63. The molecule has 1 amide bonds. The van der Waals surface area contributed by atoms with Gasteiger partial charge in [-0.15, -0.1) is 0 Å². The summed E-state index contributed by atoms with van der Waals surface area (Å²) in [6, 6.07) is 6.62. The molecule has 0 radical (unpaired) electrons. The molecule has 24 heavy (non-hydrogen) atoms. The van der Waals surface area contributed by atoms with Gasteiger partial charge in [0, 0.05) is 18.2 Å². The third-order valence-electron chi connectivity index (χ3n) is 6.29. The molecule has 3 nitrogen and oxygen atoms in total. The van der Waals surface area contributed by atoms with E-state index in [0.717, 1.165) is 31.6 Å². The Morgan fingerprint density at radius 3 is 2.62 bits per heavy atom. The van der Waals surface area contributed by atoms with Gasteiger partial charge in [0.2, 0.25) is 5.91 Å². The van der Waals surface area contributed by atoms with Crippen molar-refractivity contribution < 1.29 is 9.22 Å². The second-order valence-electron chi connectivity index (χ2n) is 8.91. The predicted octanol–water partition coefficient (Wildman–Crippen LogP) is 5.09. The van der Waals surface area contributed by atoms with E-state index in [1.54, 1.807) is 0 Å². The van der Waals surface area contributed by atoms with E-state index < -0.39 is 8.32 Å². The lowest BCUT2D eigenvalue weighted by Crippen LogP contribution is -2.41. The first-order valence-corrected chi connectivity index (χ1v) is 12.2. The molecule has 0 saturated heterocycles. The minimum atomic E-state index is -1.69. The van der Waals surface area contributed by atoms with Gasteiger partial charge in [-0.3, -0.25) is 4.79 Å². The second-order valence-corrected chi connectivity index (χ2v) is 13.7. The van der Waals surface area contributed by atoms with Crippen LogP contribution in [0, 0.1) is 5.92 Å². The molecule has 1 aliphatic heterocycles. The molecule has 1 aromatic rings. The zero-order chi connectivity index (χ0) is 17.5. The highest BCUT2D eigenvalue weighted by Crippen LogP contribution is 2.46. The zero-order valence-corrected chi connectivity index (χ0v) is 16.7. The molecule has 1 heterocycles. The van der Waals surface area contributed by atoms with Gasteiger partial charge in [0.15, 0.2) is 8.32 Å². The number of carbonyl (C=O) groups is 1. The van der Waals surface area contributed by atoms with Crippen molar-refractivity contribution in [2.45, 2.75) is 70.5 Å². The summed E-state index contributed by atoms with van der Waals surface area (Å²) in [5.74, 6) is 0.858. The molecule has 2 unspecified atom stereocenters. The number of hydrogen-bond donors (Lipinski definition) is 1. The molecular weight excluding hydrogens is 314 g/mol. The smallest absolute Gasteiger partial charge is 0.228 e. The number of rotatable bonds is 4. The first-order valence-electron chi connectivity index (χ1n) is 9.27. The van der Waals surface area contributed by atoms with Crippen molar-refractivity contribution in [3.8, 4) is 0 Å². The standard InChI is InChI=1S/C20H31NO2Si/c1-20(2,3)24(4,5)23-12-11-14-9-10-16-15-7-6-8-17(15)19(22)21-18(16)13-14/h9-10,13,15,17H,6-8,11-12H2,1-5H3,(H,21,22). The minimum absolute atomic E-state index is 0.199. The van der Waals surface area contributed by atoms with Crippen LogP contribution in [-0.2, 0) is 15.6 Å². The lowest BCUT2D eigenvalue weighted by molar-refractivity contribution is -0.120. The van der Waals surface area contributed by atoms with Crippen molar-refractivity contribution in [2.75, 3.05) is 11.9 Å². The van der Waals surface area contributed by atoms with Crippen molar-refractivity contribution >= 4 is 19.9 Å². The fourth-order valence-electron chi connectivity index (χ4n) is 3.70. The molecular formula is C20H31NO2Si. The third-order valence-corrected chi connectivity index (χ3v) is 10.8. The largest absolute Gasteiger partial charge is 0.416 e. The van der Waals surface area contributed by atoms with Crippen LogP contribution in [0.25, 0.3) is 0 Å². The topological polar surface area (TPSA) is 38.3 Å². The van der Waals surface area contributed by atoms with Crippen LogP contribution in [0.4, 0.5) is 5.69 Å². The third kappa shape index (κ3) is 3.31. The van der Waals surface area contributed by atoms with Crippen molar-refractivity contribution in [3.05, 3.63) is 29.3 Å². The van der Waals surface area contributed by atoms with E-state index in [0.29, 0.717) is 5.92 Å². The van der Waals surface area contributed by atoms with Gasteiger partial charge in [-0.25, -0.2) is 0 Å². The number of hydrogen-bond acceptors (Lipinski definition) is 2. The van der Waals surface area contributed by atoms with Crippen LogP contribution in [0.15, 0.2) is 18.2 Å². The van der Waals surface area contributed by atoms with Gasteiger partial charge in [0.05, 0.1) is 0 Å². The molecule has 2 aliphatic rings. The van der Waals surface area contributed by atoms with Gasteiger partial charge in [-0.1, -0.05) is 39.3 Å². The summed E-state index contributed by atoms with van der Waals surface area (Å²) in [4.78, 5) is 12.3. The second kappa shape index (κ2) is 6.30. The molecule has 1 aromatic carbocycles. The molecule has 1 fully saturated rings. The summed E-state index contributed by atoms with van der Waals surface area (Å²) in [6.45, 7) is 12.2. The van der Waals surface area contributed by atoms with Crippen LogP contribution in [0.5, 0.6) is 0 Å². The molecule has 0 bridgehead atoms. The monoisotopic (exact) mass is 345 g/mol. The molecule has 1 N–H and O–H groups in total. The average molecular weight is 346 g/mol. The van der Waals surface area contributed by atoms with Gasteiger partial charge < -0.3 is 9.74 Å². The van der Waals surface area contributed by atoms with Gasteiger partial charge in [0.1, 0.15) is 0 Å². The number of fused-ring (bicyclic) bond motifs is 3. The highest BCUT2D eigenvalue weighted by Gasteiger charge is 2.39. The van der Waals surface area contributed by atoms with Gasteiger partial charge in [0.25, 0.3) is 0 Å². The highest BCUT2D eigenvalue weighted by atomic mass is 28.4. The van der Waals surface area contributed by atoms with E-state index in [4.69, 9.17) is 4.43 Å². The lowest BCUT2D eigenvalue weighted by atomic mass is 9.83. The van der Waals surface area contributed by atoms with Crippen LogP contribution in [0.2, 0.25) is 18.1 Å². The highest BCUT2D eigenvalue weighted by molar-refractivity contribution is 6.74. The van der Waals surface area contributed by atoms with E-state index in [-0.39, 0.29) is 16.9 Å². The molecule has 2 atom stereocenters. The molecule has 4 heteroatoms. The molecule has 0 aromatic heterocycles. The van der Waals surface area contributed by atoms with E-state index in [9.17, 15) is 4.79 Å². The number of carbonyl (C=O) groups excluding carboxylic acids is 1. The normalized spacial score (nSPS) is 23.6. The quantitative estimate of drug-likeness (QED) is 0.772. The maximum Gasteiger partial charge on any atom is 0.228 e. The summed E-state index contributed by atoms with van der Waals surface area (Å²) in [6.07, 6.45) is 4.27. The Balaban J connectivity index is 1.67. The van der Waals surface area contributed by atoms with Crippen molar-refractivity contribution in [1.29, 1.82) is 0 Å². The number of nitrogens with one attached hydrogen (secondary N) is 1. The Morgan fingerprint density at radius 1 is 1.21 bits per heavy atom. The van der Waals surface area contributed by atoms with Crippen molar-refractivity contribution in [1.82, 2.24) is 0 Å². The SMILES string of the molecule is CC(C)(C)[Si](C)(C)OCCc1ccc2c(c1)NC(=O)C1CCCC21. The Hall–Kier alpha value is -1.13. The first-order chi connectivity index (χ1) is 11.2. The van der Waals surface area contributed by atoms with Crippen molar-refractivity contribution in [2.24, 2.45) is 5.92 Å². The van der Waals surface area contributed by atoms with Crippen LogP contribution in [0.3, 0.4) is 0 Å². The molecule has 3 rings (SSSR count). The van der Waals surface area contributed by atoms with Gasteiger partial charge in [-0.05, 0) is 60.5 Å². The van der Waals surface area contributed by atoms with Crippen LogP contribution >= 0.6 is 0 Å². The van der Waals surface area contributed by atoms with E-state index >= 15 is 0 Å². The van der Waals surface area contributed by atoms with Gasteiger partial charge in [-0.2, -0.15) is 0 Å². The molecule has 1 aliphatic carbocycles. The summed E-state index contributed by atoms with van der Waals surface area (Å²) in [5, 5.41) is 3.38. The van der Waals surface area contributed by atoms with Crippen LogP contribution in [-0.4, -0.2) is 20.8 Å². The minimum Gasteiger partial charge on any atom is -0.416 e. The molecule has 1 saturated carbocycles. The average Bonchev–Trinajstić information content (AvgIpc) is 2.96. The maximum atomic E-state index is 12.3. The Labute approximate surface area is 147 Å². The van der Waals surface area contributed by atoms with Gasteiger partial charge >= 0.3 is 0 Å². The maximum absolute atomic E-state index is 12.3. The van der Waals surface area contributed by atoms with Crippen molar-refractivity contribution in [3.63, 3.8) is 0 Å². The Bertz CT molecular complexity index is 633. The molecule has 132 valence electrons. The number of benzene rings is 1. The predicted molar refractivity (Wildman–Crippen MR) is 102 cm³/mol. The first kappa shape index (κ1) is 17.7. The van der Waals surface area contributed by atoms with E-state index in [2.05, 4.69) is 57.4 Å². The Morgan fingerprint density at radius 2 is 1.92 bits per heavy atom. The van der Waals surface area contributed by atoms with Crippen LogP contribution < -0.4 is 5.32 Å². The van der Waals surface area contributed by atoms with E-state index in [1.807, 2.05) is 0 Å². The summed E-state index contributed by atoms with van der Waals surface area (Å²) < 4.78 is 6.28. The lowest BCUT2D eigenvalue weighted by Gasteiger charge is -2.36. The fraction of sp³-hybridized carbons (Fsp3) is 0.650. The molecule has 0 spiro atoms. The summed E-state index contributed by atoms with van der Waals surface area (Å²) in [7, 11) is -1.69. The fourth-order valence-corrected chi connectivity index (χ4v) is 4.75.